The molecule has 17 heteroatoms. The van der Waals surface area contributed by atoms with Crippen LogP contribution < -0.4 is 39.1 Å². The molecule has 0 aromatic heterocycles. The Balaban J connectivity index is 0.000000146. The number of nitrogens with zero attached hydrogens (tertiary/aromatic N) is 4. The number of benzene rings is 5. The van der Waals surface area contributed by atoms with Gasteiger partial charge >= 0.3 is 11.9 Å². The number of ether oxygens (including phenoxy) is 5. The Morgan fingerprint density at radius 3 is 1.55 bits per heavy atom. The van der Waals surface area contributed by atoms with E-state index in [-0.39, 0.29) is 43.3 Å². The number of anilines is 5. The number of carbonyl (C=O) groups excluding carboxylic acids is 6. The highest BCUT2D eigenvalue weighted by atomic mass is 16.5. The number of hydrogen-bond donors (Lipinski definition) is 2. The van der Waals surface area contributed by atoms with Crippen LogP contribution in [0.25, 0.3) is 0 Å². The van der Waals surface area contributed by atoms with E-state index >= 15 is 0 Å². The minimum atomic E-state index is -0.564. The number of nitrogens with one attached hydrogen (secondary N) is 1. The van der Waals surface area contributed by atoms with Gasteiger partial charge in [-0.3, -0.25) is 19.2 Å². The average Bonchev–Trinajstić information content (AvgIpc) is 3.37. The molecule has 0 fully saturated rings. The molecule has 0 radical (unpaired) electrons. The van der Waals surface area contributed by atoms with Crippen molar-refractivity contribution in [2.75, 3.05) is 92.7 Å². The van der Waals surface area contributed by atoms with E-state index in [0.717, 1.165) is 49.9 Å². The van der Waals surface area contributed by atoms with E-state index < -0.39 is 18.5 Å². The first-order chi connectivity index (χ1) is 33.3. The molecular formula is C52H53N5O12. The van der Waals surface area contributed by atoms with Crippen LogP contribution in [0.15, 0.2) is 91.0 Å². The number of fused-ring (bicyclic) bond motifs is 5. The molecule has 0 spiro atoms. The molecule has 10 rings (SSSR count). The van der Waals surface area contributed by atoms with Gasteiger partial charge < -0.3 is 53.7 Å². The van der Waals surface area contributed by atoms with Crippen LogP contribution in [0.1, 0.15) is 66.2 Å². The lowest BCUT2D eigenvalue weighted by Gasteiger charge is -2.31. The molecule has 5 aromatic rings. The van der Waals surface area contributed by atoms with Gasteiger partial charge in [0, 0.05) is 44.1 Å². The molecule has 0 bridgehead atoms. The summed E-state index contributed by atoms with van der Waals surface area (Å²) in [6.45, 7) is 2.41. The van der Waals surface area contributed by atoms with Gasteiger partial charge in [0.2, 0.25) is 0 Å². The molecule has 69 heavy (non-hydrogen) atoms. The minimum absolute atomic E-state index is 0.00174. The van der Waals surface area contributed by atoms with Gasteiger partial charge in [-0.1, -0.05) is 24.3 Å². The predicted octanol–water partition coefficient (Wildman–Crippen LogP) is 5.75. The van der Waals surface area contributed by atoms with Gasteiger partial charge in [0.15, 0.2) is 25.6 Å². The predicted molar refractivity (Wildman–Crippen MR) is 257 cm³/mol. The maximum absolute atomic E-state index is 12.5. The second-order valence-corrected chi connectivity index (χ2v) is 17.0. The second kappa shape index (κ2) is 20.9. The molecule has 5 heterocycles. The Labute approximate surface area is 399 Å². The molecule has 0 atom stereocenters. The molecule has 0 unspecified atom stereocenters. The first-order valence-corrected chi connectivity index (χ1v) is 22.5. The standard InChI is InChI=1S/2C21H22N2O4.C10H9NO4/c1-22-9-3-4-15-10-14(5-7-17(15)22)12-23-18-11-16(21(25)26-2)6-8-19(18)27-13-20(23)24;1-22-8-2-3-15-9-14(4-6-17(15)22)11-23-18-10-16(19(25)12-24)5-7-20(18)27-13-21(23)26;1-14-10(13)6-2-3-8-7(4-6)11-9(12)5-15-8/h5-8,10-11H,3-4,9,12-13H2,1-2H3;4-7,9-10,24H,2-3,8,11-13H2,1H3;2-4H,5H2,1H3,(H,11,12). The van der Waals surface area contributed by atoms with Gasteiger partial charge in [0.1, 0.15) is 23.9 Å². The molecule has 358 valence electrons. The molecule has 17 nitrogen and oxygen atoms in total. The normalized spacial score (nSPS) is 15.3. The summed E-state index contributed by atoms with van der Waals surface area (Å²) in [7, 11) is 6.84. The molecule has 0 aliphatic carbocycles. The molecule has 5 aliphatic heterocycles. The molecule has 0 saturated carbocycles. The van der Waals surface area contributed by atoms with Gasteiger partial charge in [-0.25, -0.2) is 9.59 Å². The minimum Gasteiger partial charge on any atom is -0.482 e. The number of rotatable bonds is 8. The van der Waals surface area contributed by atoms with Crippen molar-refractivity contribution in [3.05, 3.63) is 130 Å². The Kier molecular flexibility index (Phi) is 14.4. The largest absolute Gasteiger partial charge is 0.482 e. The number of ketones is 1. The summed E-state index contributed by atoms with van der Waals surface area (Å²) in [5.74, 6) is -0.0448. The number of Topliss-reactive ketones (excluding diaryl/α,β-unsaturated/α-hetero) is 1. The highest BCUT2D eigenvalue weighted by Crippen LogP contribution is 2.37. The number of amides is 3. The molecule has 0 saturated heterocycles. The fourth-order valence-corrected chi connectivity index (χ4v) is 8.83. The number of esters is 2. The Morgan fingerprint density at radius 2 is 1.04 bits per heavy atom. The van der Waals surface area contributed by atoms with Crippen LogP contribution in [0.2, 0.25) is 0 Å². The summed E-state index contributed by atoms with van der Waals surface area (Å²) in [4.78, 5) is 78.8. The van der Waals surface area contributed by atoms with Gasteiger partial charge in [0.25, 0.3) is 17.7 Å². The topological polar surface area (TPSA) is 194 Å². The summed E-state index contributed by atoms with van der Waals surface area (Å²) in [5, 5.41) is 11.7. The van der Waals surface area contributed by atoms with Gasteiger partial charge in [0.05, 0.1) is 55.5 Å². The summed E-state index contributed by atoms with van der Waals surface area (Å²) in [6, 6.07) is 27.4. The Hall–Kier alpha value is -7.92. The monoisotopic (exact) mass is 939 g/mol. The van der Waals surface area contributed by atoms with Crippen molar-refractivity contribution in [2.45, 2.75) is 38.8 Å². The quantitative estimate of drug-likeness (QED) is 0.141. The van der Waals surface area contributed by atoms with E-state index in [9.17, 15) is 28.8 Å². The number of carbonyl (C=O) groups is 6. The summed E-state index contributed by atoms with van der Waals surface area (Å²) in [6.07, 6.45) is 4.34. The third-order valence-electron chi connectivity index (χ3n) is 12.4. The lowest BCUT2D eigenvalue weighted by Crippen LogP contribution is -2.38. The third kappa shape index (κ3) is 10.6. The number of aliphatic hydroxyl groups is 1. The van der Waals surface area contributed by atoms with Crippen LogP contribution in [0.3, 0.4) is 0 Å². The molecule has 3 amide bonds. The van der Waals surface area contributed by atoms with Crippen molar-refractivity contribution in [3.8, 4) is 17.2 Å². The van der Waals surface area contributed by atoms with E-state index in [4.69, 9.17) is 24.1 Å². The second-order valence-electron chi connectivity index (χ2n) is 17.0. The lowest BCUT2D eigenvalue weighted by atomic mass is 9.99. The molecule has 2 N–H and O–H groups in total. The maximum atomic E-state index is 12.5. The van der Waals surface area contributed by atoms with Gasteiger partial charge in [-0.05, 0) is 115 Å². The highest BCUT2D eigenvalue weighted by Gasteiger charge is 2.29. The Morgan fingerprint density at radius 1 is 0.580 bits per heavy atom. The van der Waals surface area contributed by atoms with Crippen molar-refractivity contribution >= 4 is 63.9 Å². The smallest absolute Gasteiger partial charge is 0.337 e. The fraction of sp³-hybridized carbons (Fsp3) is 0.308. The van der Waals surface area contributed by atoms with E-state index in [1.54, 1.807) is 58.3 Å². The van der Waals surface area contributed by atoms with Crippen LogP contribution in [-0.4, -0.2) is 108 Å². The fourth-order valence-electron chi connectivity index (χ4n) is 8.83. The zero-order chi connectivity index (χ0) is 48.8. The highest BCUT2D eigenvalue weighted by molar-refractivity contribution is 6.03. The zero-order valence-corrected chi connectivity index (χ0v) is 38.9. The van der Waals surface area contributed by atoms with E-state index in [1.807, 2.05) is 6.07 Å². The van der Waals surface area contributed by atoms with Gasteiger partial charge in [-0.15, -0.1) is 0 Å². The van der Waals surface area contributed by atoms with Gasteiger partial charge in [-0.2, -0.15) is 0 Å². The van der Waals surface area contributed by atoms with Crippen molar-refractivity contribution in [1.82, 2.24) is 0 Å². The van der Waals surface area contributed by atoms with Crippen LogP contribution in [-0.2, 0) is 49.8 Å². The first-order valence-electron chi connectivity index (χ1n) is 22.5. The van der Waals surface area contributed by atoms with E-state index in [2.05, 4.69) is 64.3 Å². The number of hydrogen-bond acceptors (Lipinski definition) is 14. The van der Waals surface area contributed by atoms with Crippen LogP contribution >= 0.6 is 0 Å². The van der Waals surface area contributed by atoms with Crippen molar-refractivity contribution in [3.63, 3.8) is 0 Å². The zero-order valence-electron chi connectivity index (χ0n) is 38.9. The average molecular weight is 940 g/mol. The SMILES string of the molecule is CN1CCCc2cc(CN3C(=O)COc4ccc(C(=O)CO)cc43)ccc21.COC(=O)c1ccc2c(c1)N(Cc1ccc3c(c1)CCCN3C)C(=O)CO2.COC(=O)c1ccc2c(c1)NC(=O)CO2. The third-order valence-corrected chi connectivity index (χ3v) is 12.4. The van der Waals surface area contributed by atoms with Crippen LogP contribution in [0.5, 0.6) is 17.2 Å². The maximum Gasteiger partial charge on any atom is 0.337 e. The molecule has 5 aromatic carbocycles. The van der Waals surface area contributed by atoms with E-state index in [0.29, 0.717) is 64.1 Å². The Bertz CT molecular complexity index is 2680. The summed E-state index contributed by atoms with van der Waals surface area (Å²) >= 11 is 0. The summed E-state index contributed by atoms with van der Waals surface area (Å²) in [5.41, 5.74) is 10.0. The summed E-state index contributed by atoms with van der Waals surface area (Å²) < 4.78 is 25.5. The molecule has 5 aliphatic rings. The number of aliphatic hydroxyl groups excluding tert-OH is 1. The lowest BCUT2D eigenvalue weighted by molar-refractivity contribution is -0.122. The van der Waals surface area contributed by atoms with Crippen LogP contribution in [0, 0.1) is 0 Å². The van der Waals surface area contributed by atoms with Crippen LogP contribution in [0.4, 0.5) is 28.4 Å². The molecular weight excluding hydrogens is 887 g/mol. The number of methoxy groups -OCH3 is 2. The van der Waals surface area contributed by atoms with Crippen molar-refractivity contribution < 1.29 is 57.6 Å². The number of aryl methyl sites for hydroxylation is 2. The van der Waals surface area contributed by atoms with Crippen molar-refractivity contribution in [2.24, 2.45) is 0 Å². The van der Waals surface area contributed by atoms with E-state index in [1.165, 1.54) is 42.8 Å². The van der Waals surface area contributed by atoms with Crippen molar-refractivity contribution in [1.29, 1.82) is 0 Å². The first kappa shape index (κ1) is 47.6.